The molecule has 1 N–H and O–H groups in total. The number of aliphatic hydroxyl groups excluding tert-OH is 1. The molecule has 0 aliphatic carbocycles. The Morgan fingerprint density at radius 2 is 1.81 bits per heavy atom. The average Bonchev–Trinajstić information content (AvgIpc) is 2.46. The summed E-state index contributed by atoms with van der Waals surface area (Å²) in [6.45, 7) is 1.95. The third-order valence-electron chi connectivity index (χ3n) is 3.72. The summed E-state index contributed by atoms with van der Waals surface area (Å²) in [4.78, 5) is 0. The van der Waals surface area contributed by atoms with Crippen molar-refractivity contribution in [2.75, 3.05) is 0 Å². The van der Waals surface area contributed by atoms with E-state index in [-0.39, 0.29) is 5.02 Å². The SMILES string of the molecule is Cc1ccc2ccccc2c1C(O)c1ccc(F)cc1Cl. The van der Waals surface area contributed by atoms with E-state index in [0.29, 0.717) is 5.56 Å². The summed E-state index contributed by atoms with van der Waals surface area (Å²) in [7, 11) is 0. The molecule has 21 heavy (non-hydrogen) atoms. The summed E-state index contributed by atoms with van der Waals surface area (Å²) < 4.78 is 13.2. The number of hydrogen-bond donors (Lipinski definition) is 1. The molecule has 3 aromatic carbocycles. The topological polar surface area (TPSA) is 20.2 Å². The van der Waals surface area contributed by atoms with Crippen molar-refractivity contribution >= 4 is 22.4 Å². The minimum Gasteiger partial charge on any atom is -0.384 e. The highest BCUT2D eigenvalue weighted by molar-refractivity contribution is 6.31. The Morgan fingerprint density at radius 1 is 1.05 bits per heavy atom. The van der Waals surface area contributed by atoms with Crippen LogP contribution in [0.1, 0.15) is 22.8 Å². The summed E-state index contributed by atoms with van der Waals surface area (Å²) >= 11 is 6.08. The van der Waals surface area contributed by atoms with Crippen LogP contribution in [0.4, 0.5) is 4.39 Å². The first-order valence-electron chi connectivity index (χ1n) is 6.69. The molecule has 0 fully saturated rings. The lowest BCUT2D eigenvalue weighted by atomic mass is 9.92. The van der Waals surface area contributed by atoms with Gasteiger partial charge in [0.1, 0.15) is 11.9 Å². The van der Waals surface area contributed by atoms with E-state index in [9.17, 15) is 9.50 Å². The van der Waals surface area contributed by atoms with Crippen molar-refractivity contribution < 1.29 is 9.50 Å². The van der Waals surface area contributed by atoms with Gasteiger partial charge in [-0.05, 0) is 41.0 Å². The van der Waals surface area contributed by atoms with E-state index in [1.165, 1.54) is 18.2 Å². The Kier molecular flexibility index (Phi) is 3.66. The van der Waals surface area contributed by atoms with Crippen LogP contribution in [0.2, 0.25) is 5.02 Å². The van der Waals surface area contributed by atoms with E-state index in [1.807, 2.05) is 43.3 Å². The molecule has 0 amide bonds. The zero-order valence-electron chi connectivity index (χ0n) is 11.5. The van der Waals surface area contributed by atoms with Crippen LogP contribution in [0.25, 0.3) is 10.8 Å². The maximum absolute atomic E-state index is 13.2. The highest BCUT2D eigenvalue weighted by Crippen LogP contribution is 2.34. The molecule has 0 saturated carbocycles. The minimum absolute atomic E-state index is 0.231. The summed E-state index contributed by atoms with van der Waals surface area (Å²) in [6.07, 6.45) is -0.885. The number of fused-ring (bicyclic) bond motifs is 1. The van der Waals surface area contributed by atoms with Gasteiger partial charge in [0.05, 0.1) is 0 Å². The van der Waals surface area contributed by atoms with E-state index >= 15 is 0 Å². The first-order valence-corrected chi connectivity index (χ1v) is 7.07. The van der Waals surface area contributed by atoms with Crippen molar-refractivity contribution in [1.29, 1.82) is 0 Å². The molecule has 0 aliphatic rings. The first kappa shape index (κ1) is 14.1. The maximum Gasteiger partial charge on any atom is 0.124 e. The number of rotatable bonds is 2. The first-order chi connectivity index (χ1) is 10.1. The molecule has 0 aliphatic heterocycles. The Bertz CT molecular complexity index is 813. The van der Waals surface area contributed by atoms with Gasteiger partial charge in [0, 0.05) is 10.6 Å². The molecule has 0 spiro atoms. The van der Waals surface area contributed by atoms with Gasteiger partial charge in [0.25, 0.3) is 0 Å². The predicted molar refractivity (Wildman–Crippen MR) is 84.2 cm³/mol. The molecule has 1 nitrogen and oxygen atoms in total. The van der Waals surface area contributed by atoms with Crippen LogP contribution >= 0.6 is 11.6 Å². The highest BCUT2D eigenvalue weighted by Gasteiger charge is 2.18. The third-order valence-corrected chi connectivity index (χ3v) is 4.05. The van der Waals surface area contributed by atoms with Crippen molar-refractivity contribution in [1.82, 2.24) is 0 Å². The quantitative estimate of drug-likeness (QED) is 0.704. The fraction of sp³-hybridized carbons (Fsp3) is 0.111. The number of aliphatic hydroxyl groups is 1. The highest BCUT2D eigenvalue weighted by atomic mass is 35.5. The lowest BCUT2D eigenvalue weighted by molar-refractivity contribution is 0.221. The summed E-state index contributed by atoms with van der Waals surface area (Å²) in [5.74, 6) is -0.411. The molecule has 106 valence electrons. The predicted octanol–water partition coefficient (Wildman–Crippen LogP) is 5.02. The molecule has 1 unspecified atom stereocenters. The Morgan fingerprint density at radius 3 is 2.57 bits per heavy atom. The second-order valence-corrected chi connectivity index (χ2v) is 5.49. The number of aryl methyl sites for hydroxylation is 1. The fourth-order valence-electron chi connectivity index (χ4n) is 2.65. The largest absolute Gasteiger partial charge is 0.384 e. The average molecular weight is 301 g/mol. The van der Waals surface area contributed by atoms with Gasteiger partial charge in [-0.2, -0.15) is 0 Å². The second-order valence-electron chi connectivity index (χ2n) is 5.09. The van der Waals surface area contributed by atoms with Crippen LogP contribution in [0.3, 0.4) is 0 Å². The number of halogens is 2. The van der Waals surface area contributed by atoms with E-state index in [0.717, 1.165) is 21.9 Å². The van der Waals surface area contributed by atoms with E-state index in [4.69, 9.17) is 11.6 Å². The zero-order valence-corrected chi connectivity index (χ0v) is 12.2. The molecular formula is C18H14ClFO. The smallest absolute Gasteiger partial charge is 0.124 e. The maximum atomic E-state index is 13.2. The summed E-state index contributed by atoms with van der Waals surface area (Å²) in [6, 6.07) is 15.9. The molecule has 0 radical (unpaired) electrons. The van der Waals surface area contributed by atoms with Crippen LogP contribution in [0, 0.1) is 12.7 Å². The van der Waals surface area contributed by atoms with Crippen molar-refractivity contribution in [2.45, 2.75) is 13.0 Å². The zero-order chi connectivity index (χ0) is 15.0. The lowest BCUT2D eigenvalue weighted by Gasteiger charge is -2.18. The number of hydrogen-bond acceptors (Lipinski definition) is 1. The van der Waals surface area contributed by atoms with Crippen molar-refractivity contribution in [2.24, 2.45) is 0 Å². The Balaban J connectivity index is 2.21. The van der Waals surface area contributed by atoms with E-state index < -0.39 is 11.9 Å². The van der Waals surface area contributed by atoms with Gasteiger partial charge in [0.15, 0.2) is 0 Å². The summed E-state index contributed by atoms with van der Waals surface area (Å²) in [5, 5.41) is 13.0. The summed E-state index contributed by atoms with van der Waals surface area (Å²) in [5.41, 5.74) is 2.29. The van der Waals surface area contributed by atoms with Gasteiger partial charge in [-0.3, -0.25) is 0 Å². The molecule has 3 rings (SSSR count). The molecule has 3 aromatic rings. The van der Waals surface area contributed by atoms with Gasteiger partial charge in [-0.25, -0.2) is 4.39 Å². The second kappa shape index (κ2) is 5.47. The molecule has 0 saturated heterocycles. The minimum atomic E-state index is -0.885. The van der Waals surface area contributed by atoms with Crippen LogP contribution in [0.5, 0.6) is 0 Å². The monoisotopic (exact) mass is 300 g/mol. The molecule has 0 aromatic heterocycles. The normalized spacial score (nSPS) is 12.6. The lowest BCUT2D eigenvalue weighted by Crippen LogP contribution is -2.04. The van der Waals surface area contributed by atoms with Gasteiger partial charge in [-0.1, -0.05) is 54.1 Å². The van der Waals surface area contributed by atoms with Gasteiger partial charge in [-0.15, -0.1) is 0 Å². The van der Waals surface area contributed by atoms with Gasteiger partial charge < -0.3 is 5.11 Å². The van der Waals surface area contributed by atoms with E-state index in [1.54, 1.807) is 0 Å². The Labute approximate surface area is 127 Å². The van der Waals surface area contributed by atoms with Crippen molar-refractivity contribution in [3.8, 4) is 0 Å². The van der Waals surface area contributed by atoms with Crippen molar-refractivity contribution in [3.63, 3.8) is 0 Å². The Hall–Kier alpha value is -1.90. The van der Waals surface area contributed by atoms with Crippen LogP contribution in [0.15, 0.2) is 54.6 Å². The van der Waals surface area contributed by atoms with E-state index in [2.05, 4.69) is 0 Å². The van der Waals surface area contributed by atoms with Gasteiger partial charge >= 0.3 is 0 Å². The molecule has 0 heterocycles. The number of benzene rings is 3. The molecular weight excluding hydrogens is 287 g/mol. The van der Waals surface area contributed by atoms with Gasteiger partial charge in [0.2, 0.25) is 0 Å². The molecule has 1 atom stereocenters. The fourth-order valence-corrected chi connectivity index (χ4v) is 2.92. The molecule has 0 bridgehead atoms. The van der Waals surface area contributed by atoms with Crippen molar-refractivity contribution in [3.05, 3.63) is 82.1 Å². The van der Waals surface area contributed by atoms with Crippen LogP contribution in [-0.2, 0) is 0 Å². The van der Waals surface area contributed by atoms with Crippen LogP contribution < -0.4 is 0 Å². The standard InChI is InChI=1S/C18H14ClFO/c1-11-6-7-12-4-2-3-5-14(12)17(11)18(21)15-9-8-13(20)10-16(15)19/h2-10,18,21H,1H3. The van der Waals surface area contributed by atoms with Crippen LogP contribution in [-0.4, -0.2) is 5.11 Å². The molecule has 3 heteroatoms. The third kappa shape index (κ3) is 2.53.